The molecule has 2 N–H and O–H groups in total. The summed E-state index contributed by atoms with van der Waals surface area (Å²) in [4.78, 5) is 16.6. The van der Waals surface area contributed by atoms with E-state index in [1.54, 1.807) is 7.11 Å². The zero-order valence-electron chi connectivity index (χ0n) is 16.6. The molecule has 30 heavy (non-hydrogen) atoms. The van der Waals surface area contributed by atoms with E-state index in [4.69, 9.17) is 9.15 Å². The van der Waals surface area contributed by atoms with Crippen LogP contribution in [0.15, 0.2) is 71.1 Å². The molecule has 2 aromatic heterocycles. The lowest BCUT2D eigenvalue weighted by atomic mass is 10.2. The van der Waals surface area contributed by atoms with Gasteiger partial charge in [0.1, 0.15) is 23.1 Å². The fourth-order valence-corrected chi connectivity index (χ4v) is 3.02. The number of furan rings is 1. The maximum Gasteiger partial charge on any atom is 0.220 e. The summed E-state index contributed by atoms with van der Waals surface area (Å²) in [7, 11) is 1.62. The number of ether oxygens (including phenoxy) is 1. The molecule has 0 atom stereocenters. The summed E-state index contributed by atoms with van der Waals surface area (Å²) in [5.41, 5.74) is 1.89. The molecule has 0 aliphatic carbocycles. The molecule has 0 aliphatic rings. The minimum atomic E-state index is -0.0740. The van der Waals surface area contributed by atoms with E-state index in [0.717, 1.165) is 28.4 Å². The average molecular weight is 402 g/mol. The lowest BCUT2D eigenvalue weighted by Crippen LogP contribution is -2.23. The fraction of sp³-hybridized carbons (Fsp3) is 0.174. The molecule has 0 saturated carbocycles. The summed E-state index contributed by atoms with van der Waals surface area (Å²) >= 11 is 0. The van der Waals surface area contributed by atoms with Crippen molar-refractivity contribution in [1.29, 1.82) is 0 Å². The van der Waals surface area contributed by atoms with Crippen LogP contribution in [0.2, 0.25) is 0 Å². The van der Waals surface area contributed by atoms with Crippen LogP contribution in [0.3, 0.4) is 0 Å². The number of amides is 1. The van der Waals surface area contributed by atoms with Crippen LogP contribution in [0, 0.1) is 0 Å². The van der Waals surface area contributed by atoms with Gasteiger partial charge in [-0.3, -0.25) is 9.89 Å². The second-order valence-electron chi connectivity index (χ2n) is 6.74. The molecule has 4 aromatic rings. The third kappa shape index (κ3) is 4.75. The Hall–Kier alpha value is -3.87. The molecular weight excluding hydrogens is 380 g/mol. The van der Waals surface area contributed by atoms with Crippen molar-refractivity contribution >= 4 is 5.91 Å². The number of methoxy groups -OCH3 is 1. The molecule has 0 unspecified atom stereocenters. The van der Waals surface area contributed by atoms with Gasteiger partial charge in [-0.05, 0) is 36.4 Å². The predicted molar refractivity (Wildman–Crippen MR) is 113 cm³/mol. The highest BCUT2D eigenvalue weighted by Crippen LogP contribution is 2.22. The Morgan fingerprint density at radius 2 is 1.83 bits per heavy atom. The quantitative estimate of drug-likeness (QED) is 0.465. The average Bonchev–Trinajstić information content (AvgIpc) is 3.47. The smallest absolute Gasteiger partial charge is 0.220 e. The minimum Gasteiger partial charge on any atom is -0.497 e. The van der Waals surface area contributed by atoms with Gasteiger partial charge in [0.25, 0.3) is 0 Å². The Balaban J connectivity index is 1.26. The van der Waals surface area contributed by atoms with Crippen molar-refractivity contribution in [1.82, 2.24) is 20.5 Å². The summed E-state index contributed by atoms with van der Waals surface area (Å²) in [6, 6.07) is 21.2. The highest BCUT2D eigenvalue weighted by molar-refractivity contribution is 5.76. The monoisotopic (exact) mass is 402 g/mol. The molecule has 7 nitrogen and oxygen atoms in total. The number of carbonyl (C=O) groups is 1. The molecule has 1 amide bonds. The number of rotatable bonds is 8. The Morgan fingerprint density at radius 3 is 2.60 bits per heavy atom. The van der Waals surface area contributed by atoms with E-state index in [-0.39, 0.29) is 12.5 Å². The molecule has 2 aromatic carbocycles. The third-order valence-electron chi connectivity index (χ3n) is 4.65. The van der Waals surface area contributed by atoms with Gasteiger partial charge in [0.2, 0.25) is 5.91 Å². The number of carbonyl (C=O) groups excluding carboxylic acids is 1. The molecule has 0 spiro atoms. The summed E-state index contributed by atoms with van der Waals surface area (Å²) in [5.74, 6) is 3.46. The lowest BCUT2D eigenvalue weighted by Gasteiger charge is -2.02. The zero-order valence-corrected chi connectivity index (χ0v) is 16.6. The van der Waals surface area contributed by atoms with Gasteiger partial charge in [0, 0.05) is 24.0 Å². The molecule has 152 valence electrons. The maximum atomic E-state index is 12.2. The molecule has 4 rings (SSSR count). The standard InChI is InChI=1S/C23H22N4O3/c1-29-18-9-7-17(8-10-18)23-25-21(26-27-23)15-24-22(28)14-12-19-11-13-20(30-19)16-5-3-2-4-6-16/h2-11,13H,12,14-15H2,1H3,(H,24,28)(H,25,26,27). The predicted octanol–water partition coefficient (Wildman–Crippen LogP) is 3.99. The molecule has 0 bridgehead atoms. The first-order chi connectivity index (χ1) is 14.7. The Labute approximate surface area is 174 Å². The van der Waals surface area contributed by atoms with Gasteiger partial charge in [0.15, 0.2) is 5.82 Å². The number of aryl methyl sites for hydroxylation is 1. The third-order valence-corrected chi connectivity index (χ3v) is 4.65. The summed E-state index contributed by atoms with van der Waals surface area (Å²) in [5, 5.41) is 9.92. The number of benzene rings is 2. The van der Waals surface area contributed by atoms with Crippen LogP contribution in [-0.2, 0) is 17.8 Å². The topological polar surface area (TPSA) is 93.0 Å². The Morgan fingerprint density at radius 1 is 1.03 bits per heavy atom. The Bertz CT molecular complexity index is 1100. The van der Waals surface area contributed by atoms with E-state index < -0.39 is 0 Å². The molecule has 0 aliphatic heterocycles. The molecular formula is C23H22N4O3. The van der Waals surface area contributed by atoms with Crippen molar-refractivity contribution in [2.45, 2.75) is 19.4 Å². The number of nitrogens with one attached hydrogen (secondary N) is 2. The molecule has 0 fully saturated rings. The van der Waals surface area contributed by atoms with Gasteiger partial charge in [0.05, 0.1) is 13.7 Å². The van der Waals surface area contributed by atoms with Crippen LogP contribution < -0.4 is 10.1 Å². The second-order valence-corrected chi connectivity index (χ2v) is 6.74. The van der Waals surface area contributed by atoms with E-state index in [2.05, 4.69) is 20.5 Å². The highest BCUT2D eigenvalue weighted by Gasteiger charge is 2.10. The van der Waals surface area contributed by atoms with E-state index in [0.29, 0.717) is 24.5 Å². The van der Waals surface area contributed by atoms with E-state index in [1.807, 2.05) is 66.7 Å². The molecule has 7 heteroatoms. The molecule has 0 saturated heterocycles. The zero-order chi connectivity index (χ0) is 20.8. The van der Waals surface area contributed by atoms with Crippen LogP contribution in [0.25, 0.3) is 22.7 Å². The number of nitrogens with zero attached hydrogens (tertiary/aromatic N) is 2. The highest BCUT2D eigenvalue weighted by atomic mass is 16.5. The lowest BCUT2D eigenvalue weighted by molar-refractivity contribution is -0.121. The summed E-state index contributed by atoms with van der Waals surface area (Å²) in [6.45, 7) is 0.287. The van der Waals surface area contributed by atoms with Crippen molar-refractivity contribution in [2.24, 2.45) is 0 Å². The second kappa shape index (κ2) is 9.09. The van der Waals surface area contributed by atoms with E-state index in [9.17, 15) is 4.79 Å². The number of aromatic nitrogens is 3. The van der Waals surface area contributed by atoms with Crippen LogP contribution in [-0.4, -0.2) is 28.2 Å². The summed E-state index contributed by atoms with van der Waals surface area (Å²) in [6.07, 6.45) is 0.868. The van der Waals surface area contributed by atoms with Gasteiger partial charge < -0.3 is 14.5 Å². The van der Waals surface area contributed by atoms with Gasteiger partial charge >= 0.3 is 0 Å². The van der Waals surface area contributed by atoms with Gasteiger partial charge in [-0.15, -0.1) is 0 Å². The first kappa shape index (κ1) is 19.4. The van der Waals surface area contributed by atoms with Crippen molar-refractivity contribution in [3.8, 4) is 28.5 Å². The van der Waals surface area contributed by atoms with Crippen LogP contribution in [0.4, 0.5) is 0 Å². The number of hydrogen-bond donors (Lipinski definition) is 2. The van der Waals surface area contributed by atoms with Crippen molar-refractivity contribution < 1.29 is 13.9 Å². The summed E-state index contributed by atoms with van der Waals surface area (Å²) < 4.78 is 11.0. The van der Waals surface area contributed by atoms with Crippen molar-refractivity contribution in [3.05, 3.63) is 78.3 Å². The van der Waals surface area contributed by atoms with E-state index in [1.165, 1.54) is 0 Å². The van der Waals surface area contributed by atoms with Crippen LogP contribution >= 0.6 is 0 Å². The minimum absolute atomic E-state index is 0.0740. The largest absolute Gasteiger partial charge is 0.497 e. The van der Waals surface area contributed by atoms with Crippen molar-refractivity contribution in [3.63, 3.8) is 0 Å². The Kier molecular flexibility index (Phi) is 5.89. The van der Waals surface area contributed by atoms with Crippen molar-refractivity contribution in [2.75, 3.05) is 7.11 Å². The molecule has 0 radical (unpaired) electrons. The number of aromatic amines is 1. The molecule has 2 heterocycles. The SMILES string of the molecule is COc1ccc(-c2n[nH]c(CNC(=O)CCc3ccc(-c4ccccc4)o3)n2)cc1. The van der Waals surface area contributed by atoms with Gasteiger partial charge in [-0.25, -0.2) is 4.98 Å². The number of hydrogen-bond acceptors (Lipinski definition) is 5. The van der Waals surface area contributed by atoms with Gasteiger partial charge in [-0.1, -0.05) is 30.3 Å². The van der Waals surface area contributed by atoms with E-state index >= 15 is 0 Å². The first-order valence-corrected chi connectivity index (χ1v) is 9.68. The maximum absolute atomic E-state index is 12.2. The van der Waals surface area contributed by atoms with Crippen LogP contribution in [0.1, 0.15) is 18.0 Å². The first-order valence-electron chi connectivity index (χ1n) is 9.68. The fourth-order valence-electron chi connectivity index (χ4n) is 3.02. The number of H-pyrrole nitrogens is 1. The van der Waals surface area contributed by atoms with Crippen LogP contribution in [0.5, 0.6) is 5.75 Å². The van der Waals surface area contributed by atoms with Gasteiger partial charge in [-0.2, -0.15) is 5.10 Å². The normalized spacial score (nSPS) is 10.7.